The molecule has 2 heterocycles. The van der Waals surface area contributed by atoms with Gasteiger partial charge in [-0.25, -0.2) is 4.98 Å². The summed E-state index contributed by atoms with van der Waals surface area (Å²) in [5.74, 6) is 0.164. The van der Waals surface area contributed by atoms with Gasteiger partial charge in [0.15, 0.2) is 0 Å². The van der Waals surface area contributed by atoms with Crippen LogP contribution in [0.5, 0.6) is 0 Å². The number of aryl methyl sites for hydroxylation is 1. The number of rotatable bonds is 2. The molecular weight excluding hydrogens is 226 g/mol. The van der Waals surface area contributed by atoms with E-state index in [1.54, 1.807) is 12.3 Å². The number of amides is 1. The van der Waals surface area contributed by atoms with Crippen molar-refractivity contribution in [2.75, 3.05) is 11.1 Å². The van der Waals surface area contributed by atoms with Crippen LogP contribution in [0.3, 0.4) is 0 Å². The average molecular weight is 235 g/mol. The van der Waals surface area contributed by atoms with Crippen molar-refractivity contribution >= 4 is 28.2 Å². The van der Waals surface area contributed by atoms with Gasteiger partial charge in [0.25, 0.3) is 5.91 Å². The van der Waals surface area contributed by atoms with Gasteiger partial charge in [0.1, 0.15) is 5.82 Å². The molecule has 82 valence electrons. The topological polar surface area (TPSA) is 93.8 Å². The first kappa shape index (κ1) is 10.5. The van der Waals surface area contributed by atoms with Crippen molar-refractivity contribution in [3.8, 4) is 0 Å². The van der Waals surface area contributed by atoms with E-state index in [1.165, 1.54) is 0 Å². The highest BCUT2D eigenvalue weighted by Crippen LogP contribution is 2.14. The second kappa shape index (κ2) is 4.23. The molecule has 7 heteroatoms. The number of aromatic nitrogens is 3. The van der Waals surface area contributed by atoms with E-state index >= 15 is 0 Å². The summed E-state index contributed by atoms with van der Waals surface area (Å²) in [4.78, 5) is 15.7. The summed E-state index contributed by atoms with van der Waals surface area (Å²) in [5.41, 5.74) is 6.27. The predicted molar refractivity (Wildman–Crippen MR) is 61.2 cm³/mol. The molecule has 2 aromatic heterocycles. The van der Waals surface area contributed by atoms with Crippen molar-refractivity contribution in [1.82, 2.24) is 15.2 Å². The first-order valence-electron chi connectivity index (χ1n) is 4.49. The summed E-state index contributed by atoms with van der Waals surface area (Å²) < 4.78 is 0. The van der Waals surface area contributed by atoms with Gasteiger partial charge < -0.3 is 11.1 Å². The summed E-state index contributed by atoms with van der Waals surface area (Å²) >= 11 is 1.04. The Morgan fingerprint density at radius 1 is 1.50 bits per heavy atom. The number of carbonyl (C=O) groups excluding carboxylic acids is 1. The lowest BCUT2D eigenvalue weighted by atomic mass is 10.3. The Morgan fingerprint density at radius 3 is 2.94 bits per heavy atom. The number of carbonyl (C=O) groups is 1. The highest BCUT2D eigenvalue weighted by Gasteiger charge is 2.12. The lowest BCUT2D eigenvalue weighted by molar-refractivity contribution is 0.102. The standard InChI is InChI=1S/C9H9N5OS/c1-5-3-2-4-11-6(5)12-7(15)8-13-14-9(10)16-8/h2-4H,1H3,(H2,10,14)(H,11,12,15). The van der Waals surface area contributed by atoms with Crippen molar-refractivity contribution < 1.29 is 4.79 Å². The SMILES string of the molecule is Cc1cccnc1NC(=O)c1nnc(N)s1. The van der Waals surface area contributed by atoms with Crippen LogP contribution in [0, 0.1) is 6.92 Å². The summed E-state index contributed by atoms with van der Waals surface area (Å²) in [7, 11) is 0. The van der Waals surface area contributed by atoms with Crippen molar-refractivity contribution in [3.63, 3.8) is 0 Å². The molecule has 0 saturated carbocycles. The number of nitrogens with zero attached hydrogens (tertiary/aromatic N) is 3. The van der Waals surface area contributed by atoms with Crippen molar-refractivity contribution in [2.45, 2.75) is 6.92 Å². The Balaban J connectivity index is 2.17. The molecular formula is C9H9N5OS. The minimum Gasteiger partial charge on any atom is -0.374 e. The molecule has 16 heavy (non-hydrogen) atoms. The molecule has 0 aromatic carbocycles. The number of hydrogen-bond acceptors (Lipinski definition) is 6. The van der Waals surface area contributed by atoms with Crippen LogP contribution in [0.2, 0.25) is 0 Å². The predicted octanol–water partition coefficient (Wildman–Crippen LogP) is 1.08. The zero-order valence-corrected chi connectivity index (χ0v) is 9.28. The van der Waals surface area contributed by atoms with E-state index in [0.29, 0.717) is 5.82 Å². The van der Waals surface area contributed by atoms with Crippen LogP contribution >= 0.6 is 11.3 Å². The first-order chi connectivity index (χ1) is 7.66. The zero-order valence-electron chi connectivity index (χ0n) is 8.47. The van der Waals surface area contributed by atoms with E-state index in [2.05, 4.69) is 20.5 Å². The number of nitrogen functional groups attached to an aromatic ring is 1. The maximum absolute atomic E-state index is 11.7. The third kappa shape index (κ3) is 2.14. The fourth-order valence-electron chi connectivity index (χ4n) is 1.10. The third-order valence-electron chi connectivity index (χ3n) is 1.88. The Hall–Kier alpha value is -2.02. The molecule has 0 bridgehead atoms. The second-order valence-corrected chi connectivity index (χ2v) is 4.08. The van der Waals surface area contributed by atoms with E-state index < -0.39 is 0 Å². The van der Waals surface area contributed by atoms with Gasteiger partial charge in [-0.15, -0.1) is 10.2 Å². The minimum atomic E-state index is -0.351. The summed E-state index contributed by atoms with van der Waals surface area (Å²) in [6, 6.07) is 3.66. The van der Waals surface area contributed by atoms with Gasteiger partial charge in [0.05, 0.1) is 0 Å². The van der Waals surface area contributed by atoms with Gasteiger partial charge in [-0.1, -0.05) is 17.4 Å². The average Bonchev–Trinajstić information content (AvgIpc) is 2.68. The molecule has 2 aromatic rings. The molecule has 0 unspecified atom stereocenters. The van der Waals surface area contributed by atoms with Gasteiger partial charge in [-0.2, -0.15) is 0 Å². The third-order valence-corrected chi connectivity index (χ3v) is 2.63. The van der Waals surface area contributed by atoms with Crippen LogP contribution in [0.15, 0.2) is 18.3 Å². The molecule has 0 atom stereocenters. The van der Waals surface area contributed by atoms with E-state index in [0.717, 1.165) is 16.9 Å². The van der Waals surface area contributed by atoms with Crippen LogP contribution < -0.4 is 11.1 Å². The number of pyridine rings is 1. The molecule has 0 aliphatic rings. The molecule has 0 aliphatic heterocycles. The molecule has 0 saturated heterocycles. The minimum absolute atomic E-state index is 0.225. The monoisotopic (exact) mass is 235 g/mol. The van der Waals surface area contributed by atoms with E-state index in [9.17, 15) is 4.79 Å². The second-order valence-electron chi connectivity index (χ2n) is 3.07. The number of nitrogens with two attached hydrogens (primary N) is 1. The molecule has 0 spiro atoms. The smallest absolute Gasteiger partial charge is 0.287 e. The molecule has 0 radical (unpaired) electrons. The quantitative estimate of drug-likeness (QED) is 0.812. The fraction of sp³-hybridized carbons (Fsp3) is 0.111. The van der Waals surface area contributed by atoms with Crippen LogP contribution in [0.1, 0.15) is 15.4 Å². The molecule has 1 amide bonds. The molecule has 0 fully saturated rings. The van der Waals surface area contributed by atoms with E-state index in [4.69, 9.17) is 5.73 Å². The van der Waals surface area contributed by atoms with Crippen molar-refractivity contribution in [1.29, 1.82) is 0 Å². The maximum atomic E-state index is 11.7. The zero-order chi connectivity index (χ0) is 11.5. The van der Waals surface area contributed by atoms with Crippen LogP contribution in [0.25, 0.3) is 0 Å². The Labute approximate surface area is 95.5 Å². The van der Waals surface area contributed by atoms with Gasteiger partial charge in [0.2, 0.25) is 10.1 Å². The Morgan fingerprint density at radius 2 is 2.31 bits per heavy atom. The first-order valence-corrected chi connectivity index (χ1v) is 5.30. The van der Waals surface area contributed by atoms with E-state index in [-0.39, 0.29) is 16.0 Å². The van der Waals surface area contributed by atoms with Gasteiger partial charge in [-0.05, 0) is 18.6 Å². The molecule has 2 rings (SSSR count). The number of nitrogens with one attached hydrogen (secondary N) is 1. The lowest BCUT2D eigenvalue weighted by Gasteiger charge is -2.03. The molecule has 0 aliphatic carbocycles. The highest BCUT2D eigenvalue weighted by molar-refractivity contribution is 7.16. The number of anilines is 2. The van der Waals surface area contributed by atoms with Crippen LogP contribution in [-0.4, -0.2) is 21.1 Å². The normalized spacial score (nSPS) is 10.1. The van der Waals surface area contributed by atoms with E-state index in [1.807, 2.05) is 13.0 Å². The Kier molecular flexibility index (Phi) is 2.78. The van der Waals surface area contributed by atoms with Crippen LogP contribution in [0.4, 0.5) is 10.9 Å². The Bertz CT molecular complexity index is 524. The van der Waals surface area contributed by atoms with Gasteiger partial charge in [-0.3, -0.25) is 4.79 Å². The largest absolute Gasteiger partial charge is 0.374 e. The maximum Gasteiger partial charge on any atom is 0.287 e. The van der Waals surface area contributed by atoms with Crippen LogP contribution in [-0.2, 0) is 0 Å². The summed E-state index contributed by atoms with van der Waals surface area (Å²) in [6.45, 7) is 1.86. The van der Waals surface area contributed by atoms with Crippen molar-refractivity contribution in [2.24, 2.45) is 0 Å². The van der Waals surface area contributed by atoms with Crippen molar-refractivity contribution in [3.05, 3.63) is 28.9 Å². The highest BCUT2D eigenvalue weighted by atomic mass is 32.1. The summed E-state index contributed by atoms with van der Waals surface area (Å²) in [5, 5.41) is 10.3. The van der Waals surface area contributed by atoms with Gasteiger partial charge >= 0.3 is 0 Å². The number of hydrogen-bond donors (Lipinski definition) is 2. The molecule has 6 nitrogen and oxygen atoms in total. The fourth-order valence-corrected chi connectivity index (χ4v) is 1.61. The lowest BCUT2D eigenvalue weighted by Crippen LogP contribution is -2.13. The molecule has 3 N–H and O–H groups in total. The summed E-state index contributed by atoms with van der Waals surface area (Å²) in [6.07, 6.45) is 1.61. The van der Waals surface area contributed by atoms with Gasteiger partial charge in [0, 0.05) is 6.20 Å².